The van der Waals surface area contributed by atoms with Gasteiger partial charge in [-0.3, -0.25) is 14.5 Å². The smallest absolute Gasteiger partial charge is 0.324 e. The van der Waals surface area contributed by atoms with Gasteiger partial charge in [-0.05, 0) is 24.6 Å². The Balaban J connectivity index is 0.00000288. The van der Waals surface area contributed by atoms with Gasteiger partial charge in [-0.25, -0.2) is 4.79 Å². The van der Waals surface area contributed by atoms with Crippen molar-refractivity contribution in [2.75, 3.05) is 25.0 Å². The van der Waals surface area contributed by atoms with E-state index in [1.165, 1.54) is 0 Å². The normalized spacial score (nSPS) is 13.5. The van der Waals surface area contributed by atoms with Crippen molar-refractivity contribution in [1.29, 1.82) is 0 Å². The Morgan fingerprint density at radius 2 is 2.04 bits per heavy atom. The zero-order chi connectivity index (χ0) is 16.7. The molecule has 0 bridgehead atoms. The van der Waals surface area contributed by atoms with E-state index in [4.69, 9.17) is 0 Å². The number of rotatable bonds is 8. The molecule has 1 aliphatic rings. The first-order chi connectivity index (χ1) is 11.1. The van der Waals surface area contributed by atoms with Gasteiger partial charge in [0.05, 0.1) is 6.54 Å². The van der Waals surface area contributed by atoms with Crippen molar-refractivity contribution in [2.45, 2.75) is 26.3 Å². The van der Waals surface area contributed by atoms with Crippen molar-refractivity contribution in [3.05, 3.63) is 29.8 Å². The molecule has 7 nitrogen and oxygen atoms in total. The lowest BCUT2D eigenvalue weighted by Gasteiger charge is -2.13. The fourth-order valence-corrected chi connectivity index (χ4v) is 2.35. The maximum absolute atomic E-state index is 12.0. The molecule has 132 valence electrons. The average molecular weight is 355 g/mol. The second-order valence-corrected chi connectivity index (χ2v) is 5.29. The van der Waals surface area contributed by atoms with Gasteiger partial charge in [-0.2, -0.15) is 0 Å². The number of amides is 4. The first-order valence-electron chi connectivity index (χ1n) is 7.78. The third-order valence-electron chi connectivity index (χ3n) is 3.58. The van der Waals surface area contributed by atoms with Crippen molar-refractivity contribution < 1.29 is 14.4 Å². The van der Waals surface area contributed by atoms with E-state index in [0.717, 1.165) is 22.7 Å². The topological polar surface area (TPSA) is 90.5 Å². The fraction of sp³-hybridized carbons (Fsp3) is 0.438. The molecule has 1 aromatic carbocycles. The first kappa shape index (κ1) is 19.9. The molecule has 3 N–H and O–H groups in total. The van der Waals surface area contributed by atoms with Gasteiger partial charge in [-0.15, -0.1) is 12.4 Å². The highest BCUT2D eigenvalue weighted by Gasteiger charge is 2.27. The van der Waals surface area contributed by atoms with Gasteiger partial charge < -0.3 is 16.0 Å². The summed E-state index contributed by atoms with van der Waals surface area (Å²) in [6.45, 7) is 3.88. The molecule has 1 saturated heterocycles. The molecule has 2 rings (SSSR count). The van der Waals surface area contributed by atoms with E-state index in [1.54, 1.807) is 0 Å². The molecule has 0 radical (unpaired) electrons. The summed E-state index contributed by atoms with van der Waals surface area (Å²) in [5.74, 6) is -0.368. The van der Waals surface area contributed by atoms with Gasteiger partial charge in [-0.1, -0.05) is 25.1 Å². The molecule has 1 aliphatic heterocycles. The van der Waals surface area contributed by atoms with Crippen LogP contribution in [0, 0.1) is 0 Å². The molecule has 0 spiro atoms. The molecule has 1 heterocycles. The molecule has 24 heavy (non-hydrogen) atoms. The minimum Gasteiger partial charge on any atom is -0.329 e. The third-order valence-corrected chi connectivity index (χ3v) is 3.58. The Bertz CT molecular complexity index is 578. The molecule has 0 atom stereocenters. The molecule has 0 aromatic heterocycles. The van der Waals surface area contributed by atoms with E-state index in [2.05, 4.69) is 16.0 Å². The van der Waals surface area contributed by atoms with E-state index < -0.39 is 0 Å². The molecule has 4 amide bonds. The van der Waals surface area contributed by atoms with E-state index >= 15 is 0 Å². The summed E-state index contributed by atoms with van der Waals surface area (Å²) in [7, 11) is 0. The maximum atomic E-state index is 12.0. The predicted octanol–water partition coefficient (Wildman–Crippen LogP) is 1.49. The Hall–Kier alpha value is -2.12. The number of anilines is 1. The zero-order valence-electron chi connectivity index (χ0n) is 13.6. The van der Waals surface area contributed by atoms with Crippen molar-refractivity contribution in [2.24, 2.45) is 0 Å². The van der Waals surface area contributed by atoms with Crippen LogP contribution in [0.15, 0.2) is 24.3 Å². The monoisotopic (exact) mass is 354 g/mol. The summed E-state index contributed by atoms with van der Waals surface area (Å²) in [6.07, 6.45) is 0.701. The summed E-state index contributed by atoms with van der Waals surface area (Å²) in [5.41, 5.74) is 1.81. The summed E-state index contributed by atoms with van der Waals surface area (Å²) in [6, 6.07) is 7.25. The summed E-state index contributed by atoms with van der Waals surface area (Å²) < 4.78 is 0. The number of hydrogen-bond acceptors (Lipinski definition) is 4. The van der Waals surface area contributed by atoms with Crippen LogP contribution in [0.1, 0.15) is 25.3 Å². The van der Waals surface area contributed by atoms with Crippen LogP contribution in [-0.2, 0) is 16.1 Å². The van der Waals surface area contributed by atoms with Crippen LogP contribution in [0.2, 0.25) is 0 Å². The van der Waals surface area contributed by atoms with E-state index in [-0.39, 0.29) is 49.8 Å². The Morgan fingerprint density at radius 1 is 1.29 bits per heavy atom. The van der Waals surface area contributed by atoms with Crippen molar-refractivity contribution in [1.82, 2.24) is 15.5 Å². The molecular weight excluding hydrogens is 332 g/mol. The quantitative estimate of drug-likeness (QED) is 0.617. The number of para-hydroxylation sites is 1. The van der Waals surface area contributed by atoms with Gasteiger partial charge in [0.25, 0.3) is 0 Å². The van der Waals surface area contributed by atoms with E-state index in [0.29, 0.717) is 13.0 Å². The number of imide groups is 1. The minimum atomic E-state index is -0.383. The van der Waals surface area contributed by atoms with Gasteiger partial charge in [0.1, 0.15) is 0 Å². The molecule has 8 heteroatoms. The van der Waals surface area contributed by atoms with Crippen molar-refractivity contribution >= 4 is 35.9 Å². The number of urea groups is 1. The largest absolute Gasteiger partial charge is 0.329 e. The Kier molecular flexibility index (Phi) is 8.21. The van der Waals surface area contributed by atoms with E-state index in [9.17, 15) is 14.4 Å². The number of halogens is 1. The van der Waals surface area contributed by atoms with Gasteiger partial charge in [0.15, 0.2) is 0 Å². The average Bonchev–Trinajstić information content (AvgIpc) is 2.86. The summed E-state index contributed by atoms with van der Waals surface area (Å²) in [5, 5.41) is 8.57. The molecule has 1 fully saturated rings. The first-order valence-corrected chi connectivity index (χ1v) is 7.78. The van der Waals surface area contributed by atoms with Gasteiger partial charge in [0, 0.05) is 25.2 Å². The van der Waals surface area contributed by atoms with Crippen molar-refractivity contribution in [3.63, 3.8) is 0 Å². The fourth-order valence-electron chi connectivity index (χ4n) is 2.35. The number of benzene rings is 1. The zero-order valence-corrected chi connectivity index (χ0v) is 14.4. The highest BCUT2D eigenvalue weighted by molar-refractivity contribution is 6.02. The van der Waals surface area contributed by atoms with Gasteiger partial charge in [0.2, 0.25) is 11.8 Å². The second-order valence-electron chi connectivity index (χ2n) is 5.29. The van der Waals surface area contributed by atoms with E-state index in [1.807, 2.05) is 31.2 Å². The molecular formula is C16H23ClN4O3. The third kappa shape index (κ3) is 5.50. The Morgan fingerprint density at radius 3 is 2.71 bits per heavy atom. The number of hydrogen-bond donors (Lipinski definition) is 3. The number of nitrogens with one attached hydrogen (secondary N) is 3. The number of nitrogens with zero attached hydrogens (tertiary/aromatic N) is 1. The van der Waals surface area contributed by atoms with Crippen LogP contribution in [0.3, 0.4) is 0 Å². The van der Waals surface area contributed by atoms with Crippen molar-refractivity contribution in [3.8, 4) is 0 Å². The standard InChI is InChI=1S/C16H22N4O3.ClH/c1-2-17-10-12-6-3-4-7-13(12)19-14(21)8-5-9-20-15(22)11-18-16(20)23;/h3-4,6-7,17H,2,5,8-11H2,1H3,(H,18,23)(H,19,21);1H. The lowest BCUT2D eigenvalue weighted by molar-refractivity contribution is -0.125. The highest BCUT2D eigenvalue weighted by Crippen LogP contribution is 2.15. The second kappa shape index (κ2) is 9.89. The highest BCUT2D eigenvalue weighted by atomic mass is 35.5. The minimum absolute atomic E-state index is 0. The molecule has 0 saturated carbocycles. The maximum Gasteiger partial charge on any atom is 0.324 e. The Labute approximate surface area is 147 Å². The van der Waals surface area contributed by atoms with Crippen LogP contribution >= 0.6 is 12.4 Å². The van der Waals surface area contributed by atoms with Crippen LogP contribution in [0.4, 0.5) is 10.5 Å². The van der Waals surface area contributed by atoms with Crippen LogP contribution < -0.4 is 16.0 Å². The van der Waals surface area contributed by atoms with Crippen LogP contribution in [0.25, 0.3) is 0 Å². The number of carbonyl (C=O) groups is 3. The summed E-state index contributed by atoms with van der Waals surface area (Å²) >= 11 is 0. The number of carbonyl (C=O) groups excluding carboxylic acids is 3. The lowest BCUT2D eigenvalue weighted by Crippen LogP contribution is -2.32. The lowest BCUT2D eigenvalue weighted by atomic mass is 10.1. The van der Waals surface area contributed by atoms with Crippen LogP contribution in [-0.4, -0.2) is 42.4 Å². The van der Waals surface area contributed by atoms with Crippen LogP contribution in [0.5, 0.6) is 0 Å². The molecule has 0 unspecified atom stereocenters. The molecule has 0 aliphatic carbocycles. The predicted molar refractivity (Wildman–Crippen MR) is 94.0 cm³/mol. The SMILES string of the molecule is CCNCc1ccccc1NC(=O)CCCN1C(=O)CNC1=O.Cl. The van der Waals surface area contributed by atoms with Gasteiger partial charge >= 0.3 is 6.03 Å². The molecule has 1 aromatic rings. The summed E-state index contributed by atoms with van der Waals surface area (Å²) in [4.78, 5) is 36.0.